The molecule has 0 atom stereocenters. The van der Waals surface area contributed by atoms with E-state index in [1.807, 2.05) is 49.5 Å². The number of pyridine rings is 1. The number of nitrogens with zero attached hydrogens (tertiary/aromatic N) is 3. The molecule has 134 valence electrons. The summed E-state index contributed by atoms with van der Waals surface area (Å²) >= 11 is 0. The van der Waals surface area contributed by atoms with Crippen molar-refractivity contribution in [2.75, 3.05) is 6.54 Å². The summed E-state index contributed by atoms with van der Waals surface area (Å²) < 4.78 is 28.4. The highest BCUT2D eigenvalue weighted by Crippen LogP contribution is 2.16. The summed E-state index contributed by atoms with van der Waals surface area (Å²) in [5.74, 6) is 0. The molecule has 0 aliphatic rings. The smallest absolute Gasteiger partial charge is 0.233 e. The third-order valence-electron chi connectivity index (χ3n) is 3.79. The van der Waals surface area contributed by atoms with Gasteiger partial charge in [0.25, 0.3) is 0 Å². The number of benzene rings is 1. The van der Waals surface area contributed by atoms with Gasteiger partial charge in [-0.05, 0) is 24.6 Å². The molecule has 0 fully saturated rings. The molecule has 3 aromatic rings. The van der Waals surface area contributed by atoms with Crippen molar-refractivity contribution in [1.29, 1.82) is 0 Å². The quantitative estimate of drug-likeness (QED) is 0.696. The molecule has 0 saturated heterocycles. The number of sulfonamides is 1. The minimum absolute atomic E-state index is 0.259. The molecule has 1 aromatic carbocycles. The maximum absolute atomic E-state index is 12.1. The fourth-order valence-corrected chi connectivity index (χ4v) is 3.17. The van der Waals surface area contributed by atoms with Gasteiger partial charge in [0.15, 0.2) is 0 Å². The van der Waals surface area contributed by atoms with Crippen LogP contribution in [0.3, 0.4) is 0 Å². The fraction of sp³-hybridized carbons (Fsp3) is 0.158. The van der Waals surface area contributed by atoms with Gasteiger partial charge in [-0.15, -0.1) is 0 Å². The molecule has 0 amide bonds. The topological polar surface area (TPSA) is 76.9 Å². The van der Waals surface area contributed by atoms with Crippen LogP contribution in [0.1, 0.15) is 11.1 Å². The average Bonchev–Trinajstić information content (AvgIpc) is 3.11. The van der Waals surface area contributed by atoms with Gasteiger partial charge in [-0.3, -0.25) is 9.67 Å². The molecule has 6 nitrogen and oxygen atoms in total. The minimum Gasteiger partial charge on any atom is -0.271 e. The SMILES string of the molecule is Cc1ccc(C=CS(=O)(=O)NCCn2cc(-c3cccnc3)cn2)cc1. The Bertz CT molecular complexity index is 978. The monoisotopic (exact) mass is 368 g/mol. The summed E-state index contributed by atoms with van der Waals surface area (Å²) in [5, 5.41) is 5.43. The maximum Gasteiger partial charge on any atom is 0.233 e. The van der Waals surface area contributed by atoms with Crippen molar-refractivity contribution >= 4 is 16.1 Å². The number of hydrogen-bond acceptors (Lipinski definition) is 4. The zero-order valence-corrected chi connectivity index (χ0v) is 15.2. The fourth-order valence-electron chi connectivity index (χ4n) is 2.36. The van der Waals surface area contributed by atoms with Gasteiger partial charge < -0.3 is 0 Å². The zero-order chi connectivity index (χ0) is 18.4. The lowest BCUT2D eigenvalue weighted by molar-refractivity contribution is 0.568. The van der Waals surface area contributed by atoms with Gasteiger partial charge in [0.2, 0.25) is 10.0 Å². The summed E-state index contributed by atoms with van der Waals surface area (Å²) in [6.07, 6.45) is 8.67. The third kappa shape index (κ3) is 5.11. The van der Waals surface area contributed by atoms with Crippen molar-refractivity contribution in [3.8, 4) is 11.1 Å². The average molecular weight is 368 g/mol. The molecule has 7 heteroatoms. The van der Waals surface area contributed by atoms with E-state index in [1.165, 1.54) is 5.41 Å². The second-order valence-corrected chi connectivity index (χ2v) is 7.54. The molecule has 0 spiro atoms. The molecule has 2 aromatic heterocycles. The van der Waals surface area contributed by atoms with Crippen LogP contribution < -0.4 is 4.72 Å². The van der Waals surface area contributed by atoms with Gasteiger partial charge in [-0.25, -0.2) is 13.1 Å². The summed E-state index contributed by atoms with van der Waals surface area (Å²) in [5.41, 5.74) is 3.89. The van der Waals surface area contributed by atoms with E-state index in [2.05, 4.69) is 14.8 Å². The Kier molecular flexibility index (Phi) is 5.60. The highest BCUT2D eigenvalue weighted by Gasteiger charge is 2.06. The van der Waals surface area contributed by atoms with Gasteiger partial charge >= 0.3 is 0 Å². The first-order chi connectivity index (χ1) is 12.5. The van der Waals surface area contributed by atoms with Crippen LogP contribution in [0, 0.1) is 6.92 Å². The summed E-state index contributed by atoms with van der Waals surface area (Å²) in [7, 11) is -3.49. The molecular weight excluding hydrogens is 348 g/mol. The van der Waals surface area contributed by atoms with Gasteiger partial charge in [-0.1, -0.05) is 35.9 Å². The van der Waals surface area contributed by atoms with Gasteiger partial charge in [0.1, 0.15) is 0 Å². The van der Waals surface area contributed by atoms with Crippen molar-refractivity contribution in [3.63, 3.8) is 0 Å². The van der Waals surface area contributed by atoms with Crippen LogP contribution in [0.4, 0.5) is 0 Å². The first-order valence-electron chi connectivity index (χ1n) is 8.19. The molecule has 0 bridgehead atoms. The van der Waals surface area contributed by atoms with Gasteiger partial charge in [-0.2, -0.15) is 5.10 Å². The predicted molar refractivity (Wildman–Crippen MR) is 103 cm³/mol. The van der Waals surface area contributed by atoms with Crippen LogP contribution in [0.2, 0.25) is 0 Å². The molecular formula is C19H20N4O2S. The van der Waals surface area contributed by atoms with Crippen LogP contribution in [0.15, 0.2) is 66.6 Å². The Morgan fingerprint density at radius 2 is 1.92 bits per heavy atom. The van der Waals surface area contributed by atoms with E-state index in [4.69, 9.17) is 0 Å². The van der Waals surface area contributed by atoms with Crippen molar-refractivity contribution in [2.24, 2.45) is 0 Å². The molecule has 0 aliphatic heterocycles. The van der Waals surface area contributed by atoms with Crippen molar-refractivity contribution in [1.82, 2.24) is 19.5 Å². The number of aryl methyl sites for hydroxylation is 1. The molecule has 0 aliphatic carbocycles. The Morgan fingerprint density at radius 3 is 2.65 bits per heavy atom. The minimum atomic E-state index is -3.49. The molecule has 0 unspecified atom stereocenters. The normalized spacial score (nSPS) is 11.9. The Morgan fingerprint density at radius 1 is 1.12 bits per heavy atom. The van der Waals surface area contributed by atoms with Crippen LogP contribution in [-0.4, -0.2) is 29.7 Å². The van der Waals surface area contributed by atoms with Crippen LogP contribution in [0.25, 0.3) is 17.2 Å². The first-order valence-corrected chi connectivity index (χ1v) is 9.74. The van der Waals surface area contributed by atoms with Crippen LogP contribution >= 0.6 is 0 Å². The Balaban J connectivity index is 1.54. The van der Waals surface area contributed by atoms with Crippen molar-refractivity contribution < 1.29 is 8.42 Å². The molecule has 0 saturated carbocycles. The number of hydrogen-bond donors (Lipinski definition) is 1. The molecule has 1 N–H and O–H groups in total. The summed E-state index contributed by atoms with van der Waals surface area (Å²) in [6, 6.07) is 11.5. The van der Waals surface area contributed by atoms with Crippen molar-refractivity contribution in [2.45, 2.75) is 13.5 Å². The summed E-state index contributed by atoms with van der Waals surface area (Å²) in [6.45, 7) is 2.69. The van der Waals surface area contributed by atoms with E-state index in [0.29, 0.717) is 6.54 Å². The van der Waals surface area contributed by atoms with E-state index < -0.39 is 10.0 Å². The van der Waals surface area contributed by atoms with Crippen LogP contribution in [-0.2, 0) is 16.6 Å². The van der Waals surface area contributed by atoms with Crippen LogP contribution in [0.5, 0.6) is 0 Å². The Hall–Kier alpha value is -2.77. The van der Waals surface area contributed by atoms with E-state index >= 15 is 0 Å². The highest BCUT2D eigenvalue weighted by molar-refractivity contribution is 7.92. The second-order valence-electron chi connectivity index (χ2n) is 5.89. The zero-order valence-electron chi connectivity index (χ0n) is 14.4. The van der Waals surface area contributed by atoms with Crippen molar-refractivity contribution in [3.05, 3.63) is 77.7 Å². The van der Waals surface area contributed by atoms with E-state index in [1.54, 1.807) is 29.3 Å². The predicted octanol–water partition coefficient (Wildman–Crippen LogP) is 2.84. The number of rotatable bonds is 7. The van der Waals surface area contributed by atoms with Gasteiger partial charge in [0.05, 0.1) is 12.7 Å². The van der Waals surface area contributed by atoms with E-state index in [-0.39, 0.29) is 6.54 Å². The maximum atomic E-state index is 12.1. The lowest BCUT2D eigenvalue weighted by Crippen LogP contribution is -2.25. The Labute approximate surface area is 153 Å². The lowest BCUT2D eigenvalue weighted by Gasteiger charge is -2.03. The van der Waals surface area contributed by atoms with E-state index in [0.717, 1.165) is 22.3 Å². The number of aromatic nitrogens is 3. The third-order valence-corrected chi connectivity index (χ3v) is 4.89. The molecule has 3 rings (SSSR count). The van der Waals surface area contributed by atoms with Gasteiger partial charge in [0, 0.05) is 41.7 Å². The second kappa shape index (κ2) is 8.07. The standard InChI is InChI=1S/C19H20N4O2S/c1-16-4-6-17(7-5-16)8-12-26(24,25)22-10-11-23-15-19(14-21-23)18-3-2-9-20-13-18/h2-9,12-15,22H,10-11H2,1H3. The number of nitrogens with one attached hydrogen (secondary N) is 1. The first kappa shape index (κ1) is 18.0. The molecule has 2 heterocycles. The molecule has 26 heavy (non-hydrogen) atoms. The largest absolute Gasteiger partial charge is 0.271 e. The summed E-state index contributed by atoms with van der Waals surface area (Å²) in [4.78, 5) is 4.08. The van der Waals surface area contributed by atoms with E-state index in [9.17, 15) is 8.42 Å². The molecule has 0 radical (unpaired) electrons. The highest BCUT2D eigenvalue weighted by atomic mass is 32.2. The lowest BCUT2D eigenvalue weighted by atomic mass is 10.2.